The van der Waals surface area contributed by atoms with Gasteiger partial charge in [0.2, 0.25) is 0 Å². The first-order chi connectivity index (χ1) is 14.8. The van der Waals surface area contributed by atoms with E-state index in [0.717, 1.165) is 6.42 Å². The molecule has 3 aromatic rings. The van der Waals surface area contributed by atoms with E-state index in [1.54, 1.807) is 0 Å². The van der Waals surface area contributed by atoms with Crippen LogP contribution in [0.15, 0.2) is 103 Å². The molecule has 1 nitrogen and oxygen atoms in total. The van der Waals surface area contributed by atoms with Crippen molar-refractivity contribution >= 4 is 23.2 Å². The van der Waals surface area contributed by atoms with Crippen LogP contribution in [0.1, 0.15) is 32.1 Å². The maximum Gasteiger partial charge on any atom is 0.112 e. The second-order valence-electron chi connectivity index (χ2n) is 8.08. The lowest BCUT2D eigenvalue weighted by molar-refractivity contribution is 0.115. The maximum absolute atomic E-state index is 5.78. The van der Waals surface area contributed by atoms with Gasteiger partial charge in [-0.2, -0.15) is 0 Å². The molecule has 0 spiro atoms. The molecule has 0 saturated heterocycles. The number of rotatable bonds is 8. The van der Waals surface area contributed by atoms with Gasteiger partial charge in [0.1, 0.15) is 23.2 Å². The van der Waals surface area contributed by atoms with Crippen LogP contribution in [-0.4, -0.2) is 19.4 Å². The highest BCUT2D eigenvalue weighted by molar-refractivity contribution is 7.95. The fourth-order valence-corrected chi connectivity index (χ4v) is 9.19. The number of hydrogen-bond acceptors (Lipinski definition) is 1. The number of benzene rings is 3. The van der Waals surface area contributed by atoms with E-state index in [4.69, 9.17) is 4.74 Å². The summed E-state index contributed by atoms with van der Waals surface area (Å²) in [7, 11) is 0.143. The van der Waals surface area contributed by atoms with Crippen LogP contribution < -0.4 is 15.9 Å². The van der Waals surface area contributed by atoms with Crippen LogP contribution in [0.25, 0.3) is 0 Å². The Hall–Kier alpha value is -2.21. The summed E-state index contributed by atoms with van der Waals surface area (Å²) in [5.41, 5.74) is 1.51. The Labute approximate surface area is 182 Å². The highest BCUT2D eigenvalue weighted by atomic mass is 31.2. The van der Waals surface area contributed by atoms with E-state index >= 15 is 0 Å². The summed E-state index contributed by atoms with van der Waals surface area (Å²) in [5.74, 6) is 0. The molecular weight excluding hydrogens is 383 g/mol. The van der Waals surface area contributed by atoms with Crippen molar-refractivity contribution in [3.63, 3.8) is 0 Å². The van der Waals surface area contributed by atoms with Crippen LogP contribution in [-0.2, 0) is 4.74 Å². The fourth-order valence-electron chi connectivity index (χ4n) is 4.84. The Bertz CT molecular complexity index is 837. The van der Waals surface area contributed by atoms with E-state index in [2.05, 4.69) is 97.1 Å². The Kier molecular flexibility index (Phi) is 7.16. The van der Waals surface area contributed by atoms with E-state index in [0.29, 0.717) is 6.10 Å². The third kappa shape index (κ3) is 4.43. The maximum atomic E-state index is 5.78. The second-order valence-corrected chi connectivity index (χ2v) is 11.7. The van der Waals surface area contributed by atoms with Crippen LogP contribution >= 0.6 is 7.26 Å². The van der Waals surface area contributed by atoms with Crippen molar-refractivity contribution in [3.8, 4) is 0 Å². The predicted octanol–water partition coefficient (Wildman–Crippen LogP) is 5.89. The molecule has 154 valence electrons. The normalized spacial score (nSPS) is 16.8. The molecule has 0 bridgehead atoms. The van der Waals surface area contributed by atoms with E-state index < -0.39 is 7.26 Å². The molecular formula is C28H32OP+. The van der Waals surface area contributed by atoms with E-state index in [-0.39, 0.29) is 0 Å². The van der Waals surface area contributed by atoms with Gasteiger partial charge < -0.3 is 4.74 Å². The Morgan fingerprint density at radius 1 is 0.767 bits per heavy atom. The number of methoxy groups -OCH3 is 1. The van der Waals surface area contributed by atoms with Crippen molar-refractivity contribution < 1.29 is 4.74 Å². The predicted molar refractivity (Wildman–Crippen MR) is 132 cm³/mol. The molecule has 1 atom stereocenters. The first-order valence-corrected chi connectivity index (χ1v) is 13.1. The van der Waals surface area contributed by atoms with Gasteiger partial charge in [0.15, 0.2) is 0 Å². The van der Waals surface area contributed by atoms with E-state index in [9.17, 15) is 0 Å². The average molecular weight is 416 g/mol. The molecule has 0 radical (unpaired) electrons. The number of ether oxygens (including phenoxy) is 1. The molecule has 0 amide bonds. The Morgan fingerprint density at radius 3 is 1.73 bits per heavy atom. The van der Waals surface area contributed by atoms with Gasteiger partial charge in [-0.3, -0.25) is 0 Å². The first kappa shape index (κ1) is 21.0. The molecule has 3 aromatic carbocycles. The smallest absolute Gasteiger partial charge is 0.112 e. The molecule has 0 N–H and O–H groups in total. The van der Waals surface area contributed by atoms with Crippen LogP contribution in [0.4, 0.5) is 0 Å². The molecule has 0 saturated carbocycles. The molecule has 0 fully saturated rings. The number of hydrogen-bond donors (Lipinski definition) is 0. The van der Waals surface area contributed by atoms with Gasteiger partial charge in [0.05, 0.1) is 12.3 Å². The van der Waals surface area contributed by atoms with Crippen LogP contribution in [0.2, 0.25) is 0 Å². The minimum atomic E-state index is -1.72. The van der Waals surface area contributed by atoms with Gasteiger partial charge in [-0.1, -0.05) is 60.7 Å². The monoisotopic (exact) mass is 415 g/mol. The highest BCUT2D eigenvalue weighted by Gasteiger charge is 2.44. The SMILES string of the molecule is COC1CCCC=C1CCC[P+](c1ccccc1)(c1ccccc1)c1ccccc1. The van der Waals surface area contributed by atoms with Crippen LogP contribution in [0, 0.1) is 0 Å². The zero-order valence-electron chi connectivity index (χ0n) is 17.9. The topological polar surface area (TPSA) is 9.23 Å². The van der Waals surface area contributed by atoms with Crippen molar-refractivity contribution in [1.82, 2.24) is 0 Å². The van der Waals surface area contributed by atoms with Crippen molar-refractivity contribution in [3.05, 3.63) is 103 Å². The van der Waals surface area contributed by atoms with Crippen molar-refractivity contribution in [2.24, 2.45) is 0 Å². The molecule has 1 aliphatic rings. The quantitative estimate of drug-likeness (QED) is 0.329. The highest BCUT2D eigenvalue weighted by Crippen LogP contribution is 2.56. The minimum absolute atomic E-state index is 0.316. The molecule has 0 heterocycles. The summed E-state index contributed by atoms with van der Waals surface area (Å²) in [6, 6.07) is 33.6. The van der Waals surface area contributed by atoms with Gasteiger partial charge in [-0.25, -0.2) is 0 Å². The van der Waals surface area contributed by atoms with Crippen molar-refractivity contribution in [1.29, 1.82) is 0 Å². The standard InChI is InChI=1S/C28H32OP/c1-29-28-22-12-11-14-24(28)15-13-23-30(25-16-5-2-6-17-25,26-18-7-3-8-19-26)27-20-9-4-10-21-27/h2-10,14,16-21,28H,11-13,15,22-23H2,1H3/q+1. The van der Waals surface area contributed by atoms with Crippen LogP contribution in [0.5, 0.6) is 0 Å². The number of allylic oxidation sites excluding steroid dienone is 1. The zero-order chi connectivity index (χ0) is 20.7. The Morgan fingerprint density at radius 2 is 1.27 bits per heavy atom. The van der Waals surface area contributed by atoms with Gasteiger partial charge in [0.25, 0.3) is 0 Å². The first-order valence-electron chi connectivity index (χ1n) is 11.1. The van der Waals surface area contributed by atoms with Gasteiger partial charge in [0, 0.05) is 7.11 Å². The summed E-state index contributed by atoms with van der Waals surface area (Å²) in [4.78, 5) is 0. The molecule has 4 rings (SSSR count). The lowest BCUT2D eigenvalue weighted by Crippen LogP contribution is -2.33. The van der Waals surface area contributed by atoms with E-state index in [1.165, 1.54) is 53.3 Å². The van der Waals surface area contributed by atoms with Gasteiger partial charge in [-0.15, -0.1) is 0 Å². The molecule has 0 aliphatic heterocycles. The van der Waals surface area contributed by atoms with Crippen molar-refractivity contribution in [2.75, 3.05) is 13.3 Å². The van der Waals surface area contributed by atoms with Crippen LogP contribution in [0.3, 0.4) is 0 Å². The summed E-state index contributed by atoms with van der Waals surface area (Å²) < 4.78 is 5.78. The summed E-state index contributed by atoms with van der Waals surface area (Å²) in [5, 5.41) is 4.43. The molecule has 0 aromatic heterocycles. The molecule has 1 aliphatic carbocycles. The zero-order valence-corrected chi connectivity index (χ0v) is 18.8. The lowest BCUT2D eigenvalue weighted by atomic mass is 9.93. The third-order valence-corrected chi connectivity index (χ3v) is 10.9. The van der Waals surface area contributed by atoms with Crippen molar-refractivity contribution in [2.45, 2.75) is 38.2 Å². The molecule has 30 heavy (non-hydrogen) atoms. The van der Waals surface area contributed by atoms with Gasteiger partial charge in [-0.05, 0) is 74.1 Å². The fraction of sp³-hybridized carbons (Fsp3) is 0.286. The lowest BCUT2D eigenvalue weighted by Gasteiger charge is -2.29. The molecule has 2 heteroatoms. The largest absolute Gasteiger partial charge is 0.377 e. The third-order valence-electron chi connectivity index (χ3n) is 6.32. The second kappa shape index (κ2) is 10.2. The van der Waals surface area contributed by atoms with Gasteiger partial charge >= 0.3 is 0 Å². The average Bonchev–Trinajstić information content (AvgIpc) is 2.84. The molecule has 1 unspecified atom stereocenters. The summed E-state index contributed by atoms with van der Waals surface area (Å²) in [6.07, 6.45) is 9.85. The summed E-state index contributed by atoms with van der Waals surface area (Å²) >= 11 is 0. The summed E-state index contributed by atoms with van der Waals surface area (Å²) in [6.45, 7) is 0. The minimum Gasteiger partial charge on any atom is -0.377 e. The van der Waals surface area contributed by atoms with E-state index in [1.807, 2.05) is 7.11 Å². The Balaban J connectivity index is 1.72.